The first-order valence-corrected chi connectivity index (χ1v) is 8.55. The van der Waals surface area contributed by atoms with Gasteiger partial charge in [0, 0.05) is 37.5 Å². The third kappa shape index (κ3) is 5.22. The Morgan fingerprint density at radius 3 is 2.52 bits per heavy atom. The number of nitrogens with zero attached hydrogens (tertiary/aromatic N) is 3. The van der Waals surface area contributed by atoms with Gasteiger partial charge in [-0.25, -0.2) is 0 Å². The van der Waals surface area contributed by atoms with Gasteiger partial charge in [0.2, 0.25) is 5.91 Å². The van der Waals surface area contributed by atoms with Crippen LogP contribution in [-0.2, 0) is 22.6 Å². The number of hydrogen-bond acceptors (Lipinski definition) is 6. The minimum atomic E-state index is -0.610. The third-order valence-electron chi connectivity index (χ3n) is 4.24. The number of anilines is 1. The number of carbonyl (C=O) groups is 1. The van der Waals surface area contributed by atoms with Gasteiger partial charge < -0.3 is 10.1 Å². The van der Waals surface area contributed by atoms with Gasteiger partial charge in [-0.15, -0.1) is 0 Å². The zero-order valence-corrected chi connectivity index (χ0v) is 14.7. The SMILES string of the molecule is O=C(Cn1cc([N+](=O)[O-])ccc1=O)Nc1ccc(CN2CCOCC2)cc1. The number of amides is 1. The van der Waals surface area contributed by atoms with Gasteiger partial charge in [-0.2, -0.15) is 0 Å². The highest BCUT2D eigenvalue weighted by molar-refractivity contribution is 5.90. The van der Waals surface area contributed by atoms with Crippen LogP contribution >= 0.6 is 0 Å². The molecule has 1 aromatic carbocycles. The Balaban J connectivity index is 1.58. The number of morpholine rings is 1. The lowest BCUT2D eigenvalue weighted by Crippen LogP contribution is -2.35. The number of aromatic nitrogens is 1. The van der Waals surface area contributed by atoms with Crippen molar-refractivity contribution in [3.8, 4) is 0 Å². The van der Waals surface area contributed by atoms with Gasteiger partial charge in [-0.3, -0.25) is 29.2 Å². The molecular weight excluding hydrogens is 352 g/mol. The molecule has 1 amide bonds. The van der Waals surface area contributed by atoms with Gasteiger partial charge in [-0.05, 0) is 17.7 Å². The maximum atomic E-state index is 12.2. The fourth-order valence-electron chi connectivity index (χ4n) is 2.82. The molecule has 9 nitrogen and oxygen atoms in total. The van der Waals surface area contributed by atoms with Crippen LogP contribution in [0.3, 0.4) is 0 Å². The molecule has 0 saturated carbocycles. The van der Waals surface area contributed by atoms with Gasteiger partial charge in [0.25, 0.3) is 11.2 Å². The van der Waals surface area contributed by atoms with Crippen molar-refractivity contribution in [3.63, 3.8) is 0 Å². The second-order valence-corrected chi connectivity index (χ2v) is 6.24. The number of carbonyl (C=O) groups excluding carboxylic acids is 1. The summed E-state index contributed by atoms with van der Waals surface area (Å²) in [6, 6.07) is 9.65. The molecule has 0 bridgehead atoms. The van der Waals surface area contributed by atoms with Crippen LogP contribution in [0.5, 0.6) is 0 Å². The number of pyridine rings is 1. The van der Waals surface area contributed by atoms with Crippen LogP contribution < -0.4 is 10.9 Å². The van der Waals surface area contributed by atoms with Crippen molar-refractivity contribution in [2.75, 3.05) is 31.6 Å². The Morgan fingerprint density at radius 2 is 1.85 bits per heavy atom. The molecule has 9 heteroatoms. The van der Waals surface area contributed by atoms with Crippen LogP contribution in [0.2, 0.25) is 0 Å². The summed E-state index contributed by atoms with van der Waals surface area (Å²) in [5.41, 5.74) is 1.01. The fraction of sp³-hybridized carbons (Fsp3) is 0.333. The normalized spacial score (nSPS) is 14.7. The highest BCUT2D eigenvalue weighted by Crippen LogP contribution is 2.13. The summed E-state index contributed by atoms with van der Waals surface area (Å²) in [6.45, 7) is 3.81. The van der Waals surface area contributed by atoms with Crippen molar-refractivity contribution in [3.05, 3.63) is 68.6 Å². The molecular formula is C18H20N4O5. The maximum absolute atomic E-state index is 12.2. The number of rotatable bonds is 6. The standard InChI is InChI=1S/C18H20N4O5/c23-17(13-21-12-16(22(25)26)5-6-18(21)24)19-15-3-1-14(2-4-15)11-20-7-9-27-10-8-20/h1-6,12H,7-11,13H2,(H,19,23). The van der Waals surface area contributed by atoms with Crippen LogP contribution in [0.15, 0.2) is 47.4 Å². The van der Waals surface area contributed by atoms with E-state index in [1.165, 1.54) is 0 Å². The van der Waals surface area contributed by atoms with Crippen LogP contribution in [0.25, 0.3) is 0 Å². The number of hydrogen-bond donors (Lipinski definition) is 1. The average Bonchev–Trinajstić information content (AvgIpc) is 2.66. The molecule has 1 aliphatic rings. The topological polar surface area (TPSA) is 107 Å². The molecule has 27 heavy (non-hydrogen) atoms. The van der Waals surface area contributed by atoms with E-state index in [0.717, 1.165) is 61.3 Å². The minimum absolute atomic E-state index is 0.241. The maximum Gasteiger partial charge on any atom is 0.285 e. The summed E-state index contributed by atoms with van der Waals surface area (Å²) >= 11 is 0. The quantitative estimate of drug-likeness (QED) is 0.604. The van der Waals surface area contributed by atoms with E-state index in [0.29, 0.717) is 5.69 Å². The van der Waals surface area contributed by atoms with E-state index in [-0.39, 0.29) is 12.2 Å². The summed E-state index contributed by atoms with van der Waals surface area (Å²) in [5, 5.41) is 13.5. The van der Waals surface area contributed by atoms with Crippen molar-refractivity contribution in [1.82, 2.24) is 9.47 Å². The molecule has 0 atom stereocenters. The van der Waals surface area contributed by atoms with Crippen LogP contribution in [0.4, 0.5) is 11.4 Å². The van der Waals surface area contributed by atoms with E-state index in [9.17, 15) is 19.7 Å². The summed E-state index contributed by atoms with van der Waals surface area (Å²) in [7, 11) is 0. The smallest absolute Gasteiger partial charge is 0.285 e. The number of benzene rings is 1. The Kier molecular flexibility index (Phi) is 5.94. The summed E-state index contributed by atoms with van der Waals surface area (Å²) < 4.78 is 6.34. The van der Waals surface area contributed by atoms with Gasteiger partial charge in [-0.1, -0.05) is 12.1 Å². The first kappa shape index (κ1) is 18.7. The van der Waals surface area contributed by atoms with E-state index in [2.05, 4.69) is 10.2 Å². The molecule has 1 saturated heterocycles. The second-order valence-electron chi connectivity index (χ2n) is 6.24. The largest absolute Gasteiger partial charge is 0.379 e. The molecule has 0 unspecified atom stereocenters. The minimum Gasteiger partial charge on any atom is -0.379 e. The van der Waals surface area contributed by atoms with E-state index in [1.807, 2.05) is 12.1 Å². The molecule has 0 radical (unpaired) electrons. The highest BCUT2D eigenvalue weighted by Gasteiger charge is 2.12. The Morgan fingerprint density at radius 1 is 1.15 bits per heavy atom. The van der Waals surface area contributed by atoms with Crippen LogP contribution in [-0.4, -0.2) is 46.6 Å². The van der Waals surface area contributed by atoms with E-state index >= 15 is 0 Å². The van der Waals surface area contributed by atoms with Gasteiger partial charge >= 0.3 is 0 Å². The molecule has 2 heterocycles. The van der Waals surface area contributed by atoms with Crippen LogP contribution in [0, 0.1) is 10.1 Å². The van der Waals surface area contributed by atoms with Crippen molar-refractivity contribution < 1.29 is 14.5 Å². The molecule has 1 N–H and O–H groups in total. The van der Waals surface area contributed by atoms with Gasteiger partial charge in [0.1, 0.15) is 6.54 Å². The Hall–Kier alpha value is -3.04. The van der Waals surface area contributed by atoms with E-state index in [1.54, 1.807) is 12.1 Å². The predicted octanol–water partition coefficient (Wildman–Crippen LogP) is 1.23. The van der Waals surface area contributed by atoms with E-state index in [4.69, 9.17) is 4.74 Å². The third-order valence-corrected chi connectivity index (χ3v) is 4.24. The summed E-state index contributed by atoms with van der Waals surface area (Å²) in [5.74, 6) is -0.432. The molecule has 1 aliphatic heterocycles. The second kappa shape index (κ2) is 8.56. The monoisotopic (exact) mass is 372 g/mol. The molecule has 0 aliphatic carbocycles. The highest BCUT2D eigenvalue weighted by atomic mass is 16.6. The van der Waals surface area contributed by atoms with Crippen molar-refractivity contribution >= 4 is 17.3 Å². The average molecular weight is 372 g/mol. The number of nitro groups is 1. The lowest BCUT2D eigenvalue weighted by molar-refractivity contribution is -0.385. The molecule has 142 valence electrons. The number of ether oxygens (including phenoxy) is 1. The van der Waals surface area contributed by atoms with E-state index < -0.39 is 16.4 Å². The van der Waals surface area contributed by atoms with Gasteiger partial charge in [0.05, 0.1) is 24.3 Å². The summed E-state index contributed by atoms with van der Waals surface area (Å²) in [4.78, 5) is 36.4. The van der Waals surface area contributed by atoms with Crippen molar-refractivity contribution in [2.24, 2.45) is 0 Å². The zero-order valence-electron chi connectivity index (χ0n) is 14.7. The molecule has 1 aromatic heterocycles. The first-order chi connectivity index (χ1) is 13.0. The lowest BCUT2D eigenvalue weighted by atomic mass is 10.2. The first-order valence-electron chi connectivity index (χ1n) is 8.55. The fourth-order valence-corrected chi connectivity index (χ4v) is 2.82. The van der Waals surface area contributed by atoms with Crippen LogP contribution in [0.1, 0.15) is 5.56 Å². The Bertz CT molecular complexity index is 872. The molecule has 0 spiro atoms. The molecule has 2 aromatic rings. The van der Waals surface area contributed by atoms with Gasteiger partial charge in [0.15, 0.2) is 0 Å². The Labute approximate surface area is 155 Å². The summed E-state index contributed by atoms with van der Waals surface area (Å²) in [6.07, 6.45) is 1.06. The zero-order chi connectivity index (χ0) is 19.2. The van der Waals surface area contributed by atoms with Crippen molar-refractivity contribution in [1.29, 1.82) is 0 Å². The molecule has 1 fully saturated rings. The predicted molar refractivity (Wildman–Crippen MR) is 98.5 cm³/mol. The molecule has 3 rings (SSSR count). The number of nitrogens with one attached hydrogen (secondary N) is 1. The van der Waals surface area contributed by atoms with Crippen molar-refractivity contribution in [2.45, 2.75) is 13.1 Å². The lowest BCUT2D eigenvalue weighted by Gasteiger charge is -2.26.